The third-order valence-corrected chi connectivity index (χ3v) is 22.2. The van der Waals surface area contributed by atoms with E-state index < -0.39 is 0 Å². The van der Waals surface area contributed by atoms with Crippen LogP contribution in [0, 0.1) is 0 Å². The number of fused-ring (bicyclic) bond motifs is 2. The summed E-state index contributed by atoms with van der Waals surface area (Å²) in [4.78, 5) is 0. The average Bonchev–Trinajstić information content (AvgIpc) is 1.63. The van der Waals surface area contributed by atoms with Crippen molar-refractivity contribution in [1.29, 1.82) is 0 Å². The van der Waals surface area contributed by atoms with Crippen LogP contribution >= 0.6 is 0 Å². The molecule has 96 heavy (non-hydrogen) atoms. The molecule has 2 saturated heterocycles. The Labute approximate surface area is 600 Å². The molecule has 0 spiro atoms. The van der Waals surface area contributed by atoms with Gasteiger partial charge in [-0.3, -0.25) is 0 Å². The van der Waals surface area contributed by atoms with Crippen molar-refractivity contribution < 1.29 is 27.9 Å². The van der Waals surface area contributed by atoms with Gasteiger partial charge in [0, 0.05) is 51.4 Å². The Bertz CT molecular complexity index is 1840. The average molecular weight is 1340 g/mol. The summed E-state index contributed by atoms with van der Waals surface area (Å²) in [6.07, 6.45) is 108. The minimum absolute atomic E-state index is 0.295. The first-order chi connectivity index (χ1) is 46.8. The second-order valence-corrected chi connectivity index (χ2v) is 33.0. The van der Waals surface area contributed by atoms with Crippen molar-refractivity contribution in [2.45, 2.75) is 461 Å². The Morgan fingerprint density at radius 1 is 0.229 bits per heavy atom. The van der Waals surface area contributed by atoms with Crippen LogP contribution in [0.1, 0.15) is 413 Å². The van der Waals surface area contributed by atoms with E-state index in [0.717, 1.165) is 66.8 Å². The molecule has 0 aromatic rings. The smallest absolute Gasteiger partial charge is 0.169 e. The quantitative estimate of drug-likeness (QED) is 0.0345. The van der Waals surface area contributed by atoms with E-state index in [1.54, 1.807) is 0 Å². The van der Waals surface area contributed by atoms with Crippen LogP contribution in [0.3, 0.4) is 0 Å². The van der Waals surface area contributed by atoms with Gasteiger partial charge in [-0.2, -0.15) is 0 Å². The lowest BCUT2D eigenvalue weighted by molar-refractivity contribution is -0.895. The molecule has 2 heterocycles. The Hall–Kier alpha value is -1.80. The van der Waals surface area contributed by atoms with Gasteiger partial charge in [-0.1, -0.05) is 312 Å². The molecule has 6 nitrogen and oxygen atoms in total. The van der Waals surface area contributed by atoms with Crippen LogP contribution in [0.2, 0.25) is 0 Å². The van der Waals surface area contributed by atoms with E-state index in [4.69, 9.17) is 18.9 Å². The van der Waals surface area contributed by atoms with Crippen LogP contribution in [-0.4, -0.2) is 99.3 Å². The number of ether oxygens (including phenoxy) is 4. The highest BCUT2D eigenvalue weighted by Crippen LogP contribution is 2.47. The van der Waals surface area contributed by atoms with E-state index >= 15 is 0 Å². The van der Waals surface area contributed by atoms with Gasteiger partial charge in [0.25, 0.3) is 0 Å². The fraction of sp³-hybridized carbons (Fsp3) is 0.867. The lowest BCUT2D eigenvalue weighted by Gasteiger charge is -2.34. The maximum absolute atomic E-state index is 6.90. The number of nitrogens with zero attached hydrogens (tertiary/aromatic N) is 2. The number of hydrogen-bond donors (Lipinski definition) is 0. The van der Waals surface area contributed by atoms with Crippen LogP contribution in [0.15, 0.2) is 72.9 Å². The molecule has 0 amide bonds. The summed E-state index contributed by atoms with van der Waals surface area (Å²) in [5.41, 5.74) is 0. The highest BCUT2D eigenvalue weighted by molar-refractivity contribution is 4.98. The van der Waals surface area contributed by atoms with E-state index in [1.165, 1.54) is 327 Å². The third kappa shape index (κ3) is 45.2. The second kappa shape index (κ2) is 58.7. The third-order valence-electron chi connectivity index (χ3n) is 22.2. The largest absolute Gasteiger partial charge is 0.344 e. The second-order valence-electron chi connectivity index (χ2n) is 33.0. The molecule has 5 unspecified atom stereocenters. The molecule has 2 aliphatic heterocycles. The lowest BCUT2D eigenvalue weighted by atomic mass is 9.98. The minimum Gasteiger partial charge on any atom is -0.344 e. The lowest BCUT2D eigenvalue weighted by Crippen LogP contribution is -2.45. The van der Waals surface area contributed by atoms with E-state index in [-0.39, 0.29) is 11.6 Å². The number of unbranched alkanes of at least 4 members (excludes halogenated alkanes) is 42. The molecule has 4 fully saturated rings. The summed E-state index contributed by atoms with van der Waals surface area (Å²) < 4.78 is 29.6. The highest BCUT2D eigenvalue weighted by atomic mass is 16.8. The zero-order chi connectivity index (χ0) is 69.2. The first kappa shape index (κ1) is 88.4. The van der Waals surface area contributed by atoms with Gasteiger partial charge in [0.2, 0.25) is 0 Å². The summed E-state index contributed by atoms with van der Waals surface area (Å²) in [6, 6.07) is 1.32. The zero-order valence-electron chi connectivity index (χ0n) is 66.3. The van der Waals surface area contributed by atoms with Gasteiger partial charge in [0.1, 0.15) is 0 Å². The summed E-state index contributed by atoms with van der Waals surface area (Å²) in [5.74, 6) is -0.605. The molecular formula is C90H168N2O4+2. The first-order valence-electron chi connectivity index (χ1n) is 43.0. The van der Waals surface area contributed by atoms with Crippen molar-refractivity contribution in [2.75, 3.05) is 42.3 Å². The predicted octanol–water partition coefficient (Wildman–Crippen LogP) is 27.9. The fourth-order valence-electron chi connectivity index (χ4n) is 15.6. The number of quaternary nitrogens is 2. The summed E-state index contributed by atoms with van der Waals surface area (Å²) >= 11 is 0. The van der Waals surface area contributed by atoms with Gasteiger partial charge in [-0.25, -0.2) is 0 Å². The molecule has 4 rings (SSSR count). The van der Waals surface area contributed by atoms with Gasteiger partial charge in [-0.05, 0) is 122 Å². The predicted molar refractivity (Wildman–Crippen MR) is 423 cm³/mol. The topological polar surface area (TPSA) is 36.9 Å². The summed E-state index contributed by atoms with van der Waals surface area (Å²) in [5, 5.41) is 0. The molecule has 2 saturated carbocycles. The van der Waals surface area contributed by atoms with Crippen LogP contribution in [0.25, 0.3) is 0 Å². The Kier molecular flexibility index (Phi) is 54.0. The zero-order valence-corrected chi connectivity index (χ0v) is 66.3. The molecule has 0 radical (unpaired) electrons. The summed E-state index contributed by atoms with van der Waals surface area (Å²) in [6.45, 7) is 9.12. The molecule has 0 N–H and O–H groups in total. The minimum atomic E-state index is -0.310. The van der Waals surface area contributed by atoms with Gasteiger partial charge in [0.05, 0.1) is 78.8 Å². The molecule has 7 atom stereocenters. The molecule has 0 bridgehead atoms. The molecule has 0 aromatic heterocycles. The van der Waals surface area contributed by atoms with Gasteiger partial charge in [0.15, 0.2) is 11.6 Å². The van der Waals surface area contributed by atoms with E-state index in [2.05, 4.69) is 143 Å². The van der Waals surface area contributed by atoms with Crippen molar-refractivity contribution in [3.05, 3.63) is 72.9 Å². The van der Waals surface area contributed by atoms with E-state index in [0.29, 0.717) is 36.5 Å². The number of rotatable bonds is 64. The Morgan fingerprint density at radius 2 is 0.396 bits per heavy atom. The normalized spacial score (nSPS) is 22.1. The maximum Gasteiger partial charge on any atom is 0.169 e. The number of hydrogen-bond acceptors (Lipinski definition) is 4. The molecule has 2 aliphatic carbocycles. The highest BCUT2D eigenvalue weighted by Gasteiger charge is 2.55. The van der Waals surface area contributed by atoms with Crippen molar-refractivity contribution in [1.82, 2.24) is 0 Å². The fourth-order valence-corrected chi connectivity index (χ4v) is 15.6. The molecule has 560 valence electrons. The van der Waals surface area contributed by atoms with Crippen LogP contribution in [-0.2, 0) is 18.9 Å². The van der Waals surface area contributed by atoms with Crippen molar-refractivity contribution in [3.8, 4) is 0 Å². The Balaban J connectivity index is 0.000000500. The monoisotopic (exact) mass is 1340 g/mol. The van der Waals surface area contributed by atoms with Crippen LogP contribution < -0.4 is 0 Å². The Morgan fingerprint density at radius 3 is 0.594 bits per heavy atom. The molecule has 4 aliphatic rings. The van der Waals surface area contributed by atoms with E-state index in [9.17, 15) is 0 Å². The van der Waals surface area contributed by atoms with Crippen molar-refractivity contribution in [3.63, 3.8) is 0 Å². The SMILES string of the molecule is CCCCC/C=C\C/C=C\CCCCCCCCC1(CCCCCCCC/C=C\C/C=C\CCCCC)OC2CC([N+](C)(C)C)C[C@@H]2O1.CCCCC/C=C\C/C=C\CCCCCCCCC1(CCCCCCCCCCCCCCCCCC)OC2CC([N+](C)(C)C)C[C@@H]2O1. The van der Waals surface area contributed by atoms with E-state index in [1.807, 2.05) is 0 Å². The molecule has 0 aromatic carbocycles. The van der Waals surface area contributed by atoms with Crippen LogP contribution in [0.5, 0.6) is 0 Å². The van der Waals surface area contributed by atoms with Crippen molar-refractivity contribution >= 4 is 0 Å². The molecular weight excluding hydrogens is 1170 g/mol. The standard InChI is InChI=1S/C45H86NO2.C45H82NO2/c2*1-6-8-10-12-14-16-18-20-22-24-26-28-30-32-34-36-38-45(47-43-40-42(46(3,4)5)41-44(43)48-45)39-37-35-33-31-29-27-25-23-21-19-17-15-13-11-9-7-2/h14,16,20,22,42-44H,6-13,15,17-19,21,23-41H2,1-5H3;14-17,20-23,42-44H,6-13,18-19,24-41H2,1-5H3/q2*+1/b16-14-,22-20-;16-14-,17-15-,22-20-,23-21-/t42?,43-,44?,45?;42?,43-,44?/m00/s1. The van der Waals surface area contributed by atoms with Crippen LogP contribution in [0.4, 0.5) is 0 Å². The maximum atomic E-state index is 6.90. The van der Waals surface area contributed by atoms with Crippen molar-refractivity contribution in [2.24, 2.45) is 0 Å². The summed E-state index contributed by atoms with van der Waals surface area (Å²) in [7, 11) is 14.0. The van der Waals surface area contributed by atoms with Gasteiger partial charge in [-0.15, -0.1) is 0 Å². The number of allylic oxidation sites excluding steroid dienone is 12. The first-order valence-corrected chi connectivity index (χ1v) is 43.0. The van der Waals surface area contributed by atoms with Gasteiger partial charge < -0.3 is 27.9 Å². The molecule has 6 heteroatoms. The van der Waals surface area contributed by atoms with Gasteiger partial charge >= 0.3 is 0 Å².